The summed E-state index contributed by atoms with van der Waals surface area (Å²) in [7, 11) is 0. The first-order valence-corrected chi connectivity index (χ1v) is 7.56. The predicted octanol–water partition coefficient (Wildman–Crippen LogP) is 1.73. The van der Waals surface area contributed by atoms with Gasteiger partial charge in [-0.3, -0.25) is 4.79 Å². The molecule has 0 aromatic carbocycles. The summed E-state index contributed by atoms with van der Waals surface area (Å²) in [4.78, 5) is 22.1. The Balaban J connectivity index is 0.000000796. The second-order valence-electron chi connectivity index (χ2n) is 4.68. The summed E-state index contributed by atoms with van der Waals surface area (Å²) in [5.41, 5.74) is 4.47. The number of primary amides is 1. The average molecular weight is 300 g/mol. The van der Waals surface area contributed by atoms with Gasteiger partial charge >= 0.3 is 0 Å². The fourth-order valence-corrected chi connectivity index (χ4v) is 1.45. The van der Waals surface area contributed by atoms with Crippen LogP contribution in [0.3, 0.4) is 0 Å². The number of anilines is 2. The van der Waals surface area contributed by atoms with E-state index in [1.165, 1.54) is 18.7 Å². The lowest BCUT2D eigenvalue weighted by Gasteiger charge is -2.12. The van der Waals surface area contributed by atoms with Gasteiger partial charge in [-0.05, 0) is 34.0 Å². The Labute approximate surface area is 124 Å². The van der Waals surface area contributed by atoms with Crippen molar-refractivity contribution in [2.24, 2.45) is 5.73 Å². The van der Waals surface area contributed by atoms with Crippen LogP contribution < -0.4 is 16.4 Å². The number of carbonyl (C=O) groups excluding carboxylic acids is 1. The second-order valence-corrected chi connectivity index (χ2v) is 5.45. The summed E-state index contributed by atoms with van der Waals surface area (Å²) in [5, 5.41) is 7.08. The Hall–Kier alpha value is -1.57. The van der Waals surface area contributed by atoms with Gasteiger partial charge in [-0.15, -0.1) is 0 Å². The first kappa shape index (κ1) is 18.4. The molecule has 0 radical (unpaired) electrons. The fourth-order valence-electron chi connectivity index (χ4n) is 1.09. The van der Waals surface area contributed by atoms with E-state index in [9.17, 15) is 4.79 Å². The maximum atomic E-state index is 9.22. The van der Waals surface area contributed by atoms with Crippen molar-refractivity contribution in [3.8, 4) is 0 Å². The van der Waals surface area contributed by atoms with Crippen LogP contribution in [0, 0.1) is 0 Å². The molecule has 4 N–H and O–H groups in total. The summed E-state index contributed by atoms with van der Waals surface area (Å²) in [6.07, 6.45) is 1.95. The Bertz CT molecular complexity index is 392. The predicted molar refractivity (Wildman–Crippen MR) is 84.0 cm³/mol. The molecule has 20 heavy (non-hydrogen) atoms. The van der Waals surface area contributed by atoms with Crippen molar-refractivity contribution in [3.63, 3.8) is 0 Å². The van der Waals surface area contributed by atoms with Crippen LogP contribution >= 0.6 is 11.8 Å². The van der Waals surface area contributed by atoms with Crippen LogP contribution in [0.2, 0.25) is 0 Å². The molecule has 1 amide bonds. The standard InChI is InChI=1S/C10H19N5S.C2H5NO/c1-6(2)11-8-13-9(12-7(3)4)15-10(14-8)16-5;1-2(3)4/h6-7H,1-5H3,(H2,11,12,13,14,15);1H3,(H2,3,4). The molecule has 114 valence electrons. The van der Waals surface area contributed by atoms with Gasteiger partial charge in [0, 0.05) is 19.0 Å². The fraction of sp³-hybridized carbons (Fsp3) is 0.667. The van der Waals surface area contributed by atoms with Gasteiger partial charge in [0.25, 0.3) is 0 Å². The second kappa shape index (κ2) is 9.35. The van der Waals surface area contributed by atoms with E-state index in [4.69, 9.17) is 0 Å². The third-order valence-electron chi connectivity index (χ3n) is 1.63. The largest absolute Gasteiger partial charge is 0.370 e. The van der Waals surface area contributed by atoms with Gasteiger partial charge in [0.15, 0.2) is 5.16 Å². The minimum atomic E-state index is -0.333. The molecule has 1 heterocycles. The number of nitrogens with two attached hydrogens (primary N) is 1. The van der Waals surface area contributed by atoms with Gasteiger partial charge in [-0.2, -0.15) is 15.0 Å². The topological polar surface area (TPSA) is 106 Å². The average Bonchev–Trinajstić information content (AvgIpc) is 2.25. The van der Waals surface area contributed by atoms with E-state index in [1.807, 2.05) is 6.26 Å². The van der Waals surface area contributed by atoms with Crippen molar-refractivity contribution in [2.45, 2.75) is 51.9 Å². The molecule has 0 atom stereocenters. The summed E-state index contributed by atoms with van der Waals surface area (Å²) in [5.74, 6) is 0.912. The smallest absolute Gasteiger partial charge is 0.228 e. The van der Waals surface area contributed by atoms with Crippen molar-refractivity contribution in [3.05, 3.63) is 0 Å². The highest BCUT2D eigenvalue weighted by atomic mass is 32.2. The van der Waals surface area contributed by atoms with E-state index >= 15 is 0 Å². The van der Waals surface area contributed by atoms with E-state index in [0.29, 0.717) is 24.0 Å². The Morgan fingerprint density at radius 1 is 1.05 bits per heavy atom. The monoisotopic (exact) mass is 300 g/mol. The van der Waals surface area contributed by atoms with E-state index < -0.39 is 0 Å². The SMILES string of the molecule is CC(N)=O.CSc1nc(NC(C)C)nc(NC(C)C)n1. The molecule has 7 nitrogen and oxygen atoms in total. The molecule has 8 heteroatoms. The first-order valence-electron chi connectivity index (χ1n) is 6.33. The Kier molecular flexibility index (Phi) is 8.62. The molecule has 0 spiro atoms. The molecule has 0 bridgehead atoms. The lowest BCUT2D eigenvalue weighted by atomic mass is 10.4. The zero-order chi connectivity index (χ0) is 15.7. The summed E-state index contributed by atoms with van der Waals surface area (Å²) in [6, 6.07) is 0.619. The molecule has 1 aromatic rings. The van der Waals surface area contributed by atoms with Crippen molar-refractivity contribution < 1.29 is 4.79 Å². The highest BCUT2D eigenvalue weighted by Gasteiger charge is 2.07. The number of nitrogens with zero attached hydrogens (tertiary/aromatic N) is 3. The van der Waals surface area contributed by atoms with Gasteiger partial charge in [-0.1, -0.05) is 11.8 Å². The van der Waals surface area contributed by atoms with Crippen LogP contribution in [0.1, 0.15) is 34.6 Å². The zero-order valence-corrected chi connectivity index (χ0v) is 13.7. The van der Waals surface area contributed by atoms with E-state index in [1.54, 1.807) is 0 Å². The number of nitrogens with one attached hydrogen (secondary N) is 2. The highest BCUT2D eigenvalue weighted by Crippen LogP contribution is 2.14. The van der Waals surface area contributed by atoms with E-state index in [2.05, 4.69) is 59.0 Å². The molecule has 0 saturated carbocycles. The molecule has 0 aliphatic heterocycles. The number of rotatable bonds is 5. The van der Waals surface area contributed by atoms with Crippen LogP contribution in [0.25, 0.3) is 0 Å². The molecule has 1 rings (SSSR count). The van der Waals surface area contributed by atoms with Crippen LogP contribution in [0.15, 0.2) is 5.16 Å². The van der Waals surface area contributed by atoms with Gasteiger partial charge in [0.2, 0.25) is 17.8 Å². The Morgan fingerprint density at radius 2 is 1.40 bits per heavy atom. The summed E-state index contributed by atoms with van der Waals surface area (Å²) < 4.78 is 0. The van der Waals surface area contributed by atoms with E-state index in [-0.39, 0.29) is 5.91 Å². The van der Waals surface area contributed by atoms with Gasteiger partial charge in [0.1, 0.15) is 0 Å². The lowest BCUT2D eigenvalue weighted by Crippen LogP contribution is -2.17. The number of carbonyl (C=O) groups is 1. The van der Waals surface area contributed by atoms with Crippen LogP contribution in [0.4, 0.5) is 11.9 Å². The molecular weight excluding hydrogens is 276 g/mol. The number of thioether (sulfide) groups is 1. The summed E-state index contributed by atoms with van der Waals surface area (Å²) >= 11 is 1.51. The van der Waals surface area contributed by atoms with Crippen LogP contribution in [-0.4, -0.2) is 39.2 Å². The lowest BCUT2D eigenvalue weighted by molar-refractivity contribution is -0.115. The number of hydrogen-bond acceptors (Lipinski definition) is 7. The number of aromatic nitrogens is 3. The minimum absolute atomic E-state index is 0.309. The minimum Gasteiger partial charge on any atom is -0.370 e. The maximum absolute atomic E-state index is 9.22. The Morgan fingerprint density at radius 3 is 1.65 bits per heavy atom. The molecule has 0 aliphatic rings. The third-order valence-corrected chi connectivity index (χ3v) is 2.18. The maximum Gasteiger partial charge on any atom is 0.228 e. The molecule has 1 aromatic heterocycles. The van der Waals surface area contributed by atoms with Crippen molar-refractivity contribution in [1.29, 1.82) is 0 Å². The normalized spacial score (nSPS) is 10.0. The number of amides is 1. The molecule has 0 fully saturated rings. The number of hydrogen-bond donors (Lipinski definition) is 3. The summed E-state index contributed by atoms with van der Waals surface area (Å²) in [6.45, 7) is 9.52. The molecule has 0 saturated heterocycles. The first-order chi connectivity index (χ1) is 9.24. The zero-order valence-electron chi connectivity index (χ0n) is 12.9. The quantitative estimate of drug-likeness (QED) is 0.711. The van der Waals surface area contributed by atoms with Gasteiger partial charge in [0.05, 0.1) is 0 Å². The molecule has 0 unspecified atom stereocenters. The van der Waals surface area contributed by atoms with Crippen molar-refractivity contribution >= 4 is 29.6 Å². The van der Waals surface area contributed by atoms with E-state index in [0.717, 1.165) is 5.16 Å². The van der Waals surface area contributed by atoms with Crippen LogP contribution in [0.5, 0.6) is 0 Å². The van der Waals surface area contributed by atoms with Crippen molar-refractivity contribution in [1.82, 2.24) is 15.0 Å². The highest BCUT2D eigenvalue weighted by molar-refractivity contribution is 7.98. The van der Waals surface area contributed by atoms with Gasteiger partial charge in [-0.25, -0.2) is 0 Å². The van der Waals surface area contributed by atoms with Crippen molar-refractivity contribution in [2.75, 3.05) is 16.9 Å². The third kappa shape index (κ3) is 9.37. The van der Waals surface area contributed by atoms with Gasteiger partial charge < -0.3 is 16.4 Å². The molecular formula is C12H24N6OS. The molecule has 0 aliphatic carbocycles. The van der Waals surface area contributed by atoms with Crippen LogP contribution in [-0.2, 0) is 4.79 Å².